The lowest BCUT2D eigenvalue weighted by molar-refractivity contribution is -0.118. The van der Waals surface area contributed by atoms with Gasteiger partial charge < -0.3 is 10.4 Å². The van der Waals surface area contributed by atoms with E-state index >= 15 is 0 Å². The number of rotatable bonds is 16. The second-order valence-electron chi connectivity index (χ2n) is 7.24. The first kappa shape index (κ1) is 26.9. The van der Waals surface area contributed by atoms with Crippen LogP contribution in [-0.2, 0) is 4.79 Å². The van der Waals surface area contributed by atoms with Crippen molar-refractivity contribution in [3.63, 3.8) is 0 Å². The number of aliphatic hydroxyl groups is 1. The van der Waals surface area contributed by atoms with E-state index in [4.69, 9.17) is 0 Å². The Morgan fingerprint density at radius 2 is 1.45 bits per heavy atom. The van der Waals surface area contributed by atoms with E-state index in [1.54, 1.807) is 6.08 Å². The van der Waals surface area contributed by atoms with Gasteiger partial charge in [-0.25, -0.2) is 0 Å². The molecule has 162 valence electrons. The van der Waals surface area contributed by atoms with Gasteiger partial charge in [0.05, 0.1) is 5.60 Å². The van der Waals surface area contributed by atoms with Crippen LogP contribution >= 0.6 is 0 Å². The lowest BCUT2D eigenvalue weighted by atomic mass is 9.91. The van der Waals surface area contributed by atoms with Crippen molar-refractivity contribution in [2.75, 3.05) is 6.54 Å². The molecule has 3 nitrogen and oxygen atoms in total. The number of carbonyl (C=O) groups excluding carboxylic acids is 1. The molecule has 0 bridgehead atoms. The fourth-order valence-electron chi connectivity index (χ4n) is 2.83. The minimum atomic E-state index is -0.789. The summed E-state index contributed by atoms with van der Waals surface area (Å²) >= 11 is 0. The number of hydrogen-bond donors (Lipinski definition) is 2. The first-order valence-electron chi connectivity index (χ1n) is 11.0. The average Bonchev–Trinajstić information content (AvgIpc) is 2.70. The standard InChI is InChI=1S/C26H41NO2/c1-4-7-9-10-11-12-13-14-15-16-17-18-19-21-25(28)27-24-26(29,22-6-3)23-20-8-5-2/h4,7,9-12,15-19,21,29H,5-6,8,13-14,20,22-24H2,1-3H3,(H,27,28). The maximum absolute atomic E-state index is 11.9. The summed E-state index contributed by atoms with van der Waals surface area (Å²) in [5, 5.41) is 13.5. The summed E-state index contributed by atoms with van der Waals surface area (Å²) in [5.41, 5.74) is -0.789. The summed E-state index contributed by atoms with van der Waals surface area (Å²) in [6.45, 7) is 6.52. The molecule has 0 aliphatic carbocycles. The minimum absolute atomic E-state index is 0.167. The molecule has 0 aromatic carbocycles. The number of carbonyl (C=O) groups is 1. The van der Waals surface area contributed by atoms with Gasteiger partial charge in [0.2, 0.25) is 5.91 Å². The molecule has 1 amide bonds. The summed E-state index contributed by atoms with van der Waals surface area (Å²) in [6, 6.07) is 0. The maximum atomic E-state index is 11.9. The first-order valence-corrected chi connectivity index (χ1v) is 11.0. The van der Waals surface area contributed by atoms with Crippen molar-refractivity contribution in [3.05, 3.63) is 72.9 Å². The van der Waals surface area contributed by atoms with Crippen LogP contribution in [0, 0.1) is 0 Å². The molecule has 0 radical (unpaired) electrons. The third-order valence-electron chi connectivity index (χ3n) is 4.43. The highest BCUT2D eigenvalue weighted by Gasteiger charge is 2.25. The summed E-state index contributed by atoms with van der Waals surface area (Å²) < 4.78 is 0. The van der Waals surface area contributed by atoms with E-state index in [-0.39, 0.29) is 5.91 Å². The van der Waals surface area contributed by atoms with E-state index < -0.39 is 5.60 Å². The van der Waals surface area contributed by atoms with Crippen molar-refractivity contribution >= 4 is 5.91 Å². The molecule has 0 fully saturated rings. The highest BCUT2D eigenvalue weighted by molar-refractivity contribution is 5.87. The minimum Gasteiger partial charge on any atom is -0.388 e. The van der Waals surface area contributed by atoms with Gasteiger partial charge in [-0.05, 0) is 32.6 Å². The van der Waals surface area contributed by atoms with Gasteiger partial charge in [-0.1, -0.05) is 106 Å². The van der Waals surface area contributed by atoms with Crippen LogP contribution in [0.5, 0.6) is 0 Å². The fourth-order valence-corrected chi connectivity index (χ4v) is 2.83. The van der Waals surface area contributed by atoms with E-state index in [1.807, 2.05) is 49.5 Å². The molecule has 0 saturated carbocycles. The summed E-state index contributed by atoms with van der Waals surface area (Å²) in [5.74, 6) is -0.167. The van der Waals surface area contributed by atoms with Gasteiger partial charge in [0.1, 0.15) is 0 Å². The zero-order valence-corrected chi connectivity index (χ0v) is 18.6. The molecule has 0 rings (SSSR count). The molecule has 29 heavy (non-hydrogen) atoms. The Bertz CT molecular complexity index is 582. The second-order valence-corrected chi connectivity index (χ2v) is 7.24. The van der Waals surface area contributed by atoms with E-state index in [0.717, 1.165) is 44.9 Å². The lowest BCUT2D eigenvalue weighted by Crippen LogP contribution is -2.42. The molecule has 0 spiro atoms. The van der Waals surface area contributed by atoms with Gasteiger partial charge in [0, 0.05) is 12.6 Å². The second kappa shape index (κ2) is 19.2. The van der Waals surface area contributed by atoms with Crippen molar-refractivity contribution in [2.45, 2.75) is 77.7 Å². The third kappa shape index (κ3) is 17.7. The molecule has 3 heteroatoms. The molecule has 1 atom stereocenters. The third-order valence-corrected chi connectivity index (χ3v) is 4.43. The first-order chi connectivity index (χ1) is 14.1. The Labute approximate surface area is 178 Å². The Morgan fingerprint density at radius 3 is 2.03 bits per heavy atom. The van der Waals surface area contributed by atoms with Crippen LogP contribution in [0.25, 0.3) is 0 Å². The summed E-state index contributed by atoms with van der Waals surface area (Å²) in [6.07, 6.45) is 30.9. The van der Waals surface area contributed by atoms with E-state index in [9.17, 15) is 9.90 Å². The monoisotopic (exact) mass is 399 g/mol. The molecule has 0 aliphatic heterocycles. The van der Waals surface area contributed by atoms with Gasteiger partial charge in [-0.3, -0.25) is 4.79 Å². The van der Waals surface area contributed by atoms with E-state index in [1.165, 1.54) is 6.08 Å². The predicted octanol–water partition coefficient (Wildman–Crippen LogP) is 6.35. The van der Waals surface area contributed by atoms with Gasteiger partial charge in [0.25, 0.3) is 0 Å². The average molecular weight is 400 g/mol. The van der Waals surface area contributed by atoms with Crippen molar-refractivity contribution in [1.82, 2.24) is 5.32 Å². The number of nitrogens with one attached hydrogen (secondary N) is 1. The highest BCUT2D eigenvalue weighted by Crippen LogP contribution is 2.20. The molecule has 1 unspecified atom stereocenters. The van der Waals surface area contributed by atoms with Crippen LogP contribution in [0.15, 0.2) is 72.9 Å². The van der Waals surface area contributed by atoms with Crippen molar-refractivity contribution in [1.29, 1.82) is 0 Å². The number of amides is 1. The van der Waals surface area contributed by atoms with Crippen LogP contribution in [0.4, 0.5) is 0 Å². The quantitative estimate of drug-likeness (QED) is 0.180. The van der Waals surface area contributed by atoms with Crippen molar-refractivity contribution < 1.29 is 9.90 Å². The van der Waals surface area contributed by atoms with Crippen molar-refractivity contribution in [3.8, 4) is 0 Å². The summed E-state index contributed by atoms with van der Waals surface area (Å²) in [7, 11) is 0. The van der Waals surface area contributed by atoms with Gasteiger partial charge in [-0.15, -0.1) is 0 Å². The van der Waals surface area contributed by atoms with Crippen LogP contribution in [-0.4, -0.2) is 23.2 Å². The van der Waals surface area contributed by atoms with Crippen molar-refractivity contribution in [2.24, 2.45) is 0 Å². The Hall–Kier alpha value is -2.13. The molecule has 0 aromatic rings. The lowest BCUT2D eigenvalue weighted by Gasteiger charge is -2.28. The maximum Gasteiger partial charge on any atom is 0.244 e. The largest absolute Gasteiger partial charge is 0.388 e. The predicted molar refractivity (Wildman–Crippen MR) is 127 cm³/mol. The molecule has 0 aromatic heterocycles. The van der Waals surface area contributed by atoms with Gasteiger partial charge in [-0.2, -0.15) is 0 Å². The van der Waals surface area contributed by atoms with Crippen LogP contribution in [0.3, 0.4) is 0 Å². The van der Waals surface area contributed by atoms with Gasteiger partial charge >= 0.3 is 0 Å². The Morgan fingerprint density at radius 1 is 0.828 bits per heavy atom. The normalized spacial score (nSPS) is 15.0. The molecular formula is C26H41NO2. The number of hydrogen-bond acceptors (Lipinski definition) is 2. The van der Waals surface area contributed by atoms with E-state index in [0.29, 0.717) is 13.0 Å². The molecule has 2 N–H and O–H groups in total. The smallest absolute Gasteiger partial charge is 0.244 e. The Balaban J connectivity index is 4.10. The topological polar surface area (TPSA) is 49.3 Å². The zero-order valence-electron chi connectivity index (χ0n) is 18.6. The molecule has 0 aliphatic rings. The molecule has 0 saturated heterocycles. The zero-order chi connectivity index (χ0) is 21.6. The Kier molecular flexibility index (Phi) is 17.8. The molecule has 0 heterocycles. The fraction of sp³-hybridized carbons (Fsp3) is 0.500. The summed E-state index contributed by atoms with van der Waals surface area (Å²) in [4.78, 5) is 11.9. The molecular weight excluding hydrogens is 358 g/mol. The van der Waals surface area contributed by atoms with Gasteiger partial charge in [0.15, 0.2) is 0 Å². The highest BCUT2D eigenvalue weighted by atomic mass is 16.3. The van der Waals surface area contributed by atoms with Crippen LogP contribution in [0.1, 0.15) is 72.1 Å². The number of allylic oxidation sites excluding steroid dienone is 11. The SMILES string of the molecule is CC=CC=CC=CCCC=CC=CC=CC(=O)NCC(O)(CCC)CCCCC. The van der Waals surface area contributed by atoms with Crippen LogP contribution < -0.4 is 5.32 Å². The van der Waals surface area contributed by atoms with Crippen LogP contribution in [0.2, 0.25) is 0 Å². The number of unbranched alkanes of at least 4 members (excludes halogenated alkanes) is 3. The van der Waals surface area contributed by atoms with E-state index in [2.05, 4.69) is 37.4 Å².